The summed E-state index contributed by atoms with van der Waals surface area (Å²) in [6.07, 6.45) is 4.02. The molecule has 2 aromatic rings. The minimum atomic E-state index is -1.04. The number of hydrogen-bond acceptors (Lipinski definition) is 4. The number of carboxylic acid groups (broad SMARTS) is 1. The van der Waals surface area contributed by atoms with Crippen molar-refractivity contribution >= 4 is 28.8 Å². The summed E-state index contributed by atoms with van der Waals surface area (Å²) in [4.78, 5) is 11.4. The Morgan fingerprint density at radius 2 is 1.83 bits per heavy atom. The zero-order chi connectivity index (χ0) is 21.7. The molecule has 0 amide bonds. The second-order valence-corrected chi connectivity index (χ2v) is 7.61. The molecule has 1 atom stereocenters. The van der Waals surface area contributed by atoms with E-state index in [0.29, 0.717) is 6.61 Å². The Morgan fingerprint density at radius 3 is 2.43 bits per heavy atom. The van der Waals surface area contributed by atoms with Crippen LogP contribution in [0.3, 0.4) is 0 Å². The normalized spacial score (nSPS) is 16.1. The molecule has 158 valence electrons. The third-order valence-electron chi connectivity index (χ3n) is 5.22. The monoisotopic (exact) mass is 427 g/mol. The predicted octanol–water partition coefficient (Wildman–Crippen LogP) is 5.26. The Hall–Kier alpha value is -2.76. The van der Waals surface area contributed by atoms with Gasteiger partial charge in [0.25, 0.3) is 0 Å². The second-order valence-electron chi connectivity index (χ2n) is 7.20. The minimum absolute atomic E-state index is 0.0912. The summed E-state index contributed by atoms with van der Waals surface area (Å²) in [6, 6.07) is 13.1. The molecule has 0 saturated carbocycles. The fourth-order valence-electron chi connectivity index (χ4n) is 3.56. The zero-order valence-corrected chi connectivity index (χ0v) is 18.1. The highest BCUT2D eigenvalue weighted by molar-refractivity contribution is 6.33. The summed E-state index contributed by atoms with van der Waals surface area (Å²) in [7, 11) is 3.34. The average Bonchev–Trinajstić information content (AvgIpc) is 2.74. The summed E-state index contributed by atoms with van der Waals surface area (Å²) in [5, 5.41) is 13.1. The fourth-order valence-corrected chi connectivity index (χ4v) is 3.82. The Bertz CT molecular complexity index is 979. The van der Waals surface area contributed by atoms with Crippen molar-refractivity contribution in [1.82, 2.24) is 5.32 Å². The van der Waals surface area contributed by atoms with Gasteiger partial charge in [0.2, 0.25) is 0 Å². The van der Waals surface area contributed by atoms with Crippen molar-refractivity contribution in [2.75, 3.05) is 20.8 Å². The van der Waals surface area contributed by atoms with Crippen LogP contribution in [-0.4, -0.2) is 37.9 Å². The largest absolute Gasteiger partial charge is 0.497 e. The van der Waals surface area contributed by atoms with Crippen LogP contribution in [0.25, 0.3) is 11.3 Å². The molecule has 30 heavy (non-hydrogen) atoms. The molecular weight excluding hydrogens is 402 g/mol. The number of benzene rings is 2. The summed E-state index contributed by atoms with van der Waals surface area (Å²) < 4.78 is 10.5. The van der Waals surface area contributed by atoms with Gasteiger partial charge in [-0.2, -0.15) is 0 Å². The smallest absolute Gasteiger partial charge is 0.337 e. The first kappa shape index (κ1) is 21.9. The predicted molar refractivity (Wildman–Crippen MR) is 120 cm³/mol. The quantitative estimate of drug-likeness (QED) is 0.562. The molecule has 2 aromatic carbocycles. The molecule has 0 radical (unpaired) electrons. The van der Waals surface area contributed by atoms with Gasteiger partial charge in [-0.25, -0.2) is 4.79 Å². The molecule has 1 unspecified atom stereocenters. The van der Waals surface area contributed by atoms with E-state index in [4.69, 9.17) is 21.1 Å². The first-order valence-electron chi connectivity index (χ1n) is 9.82. The molecule has 1 aliphatic heterocycles. The lowest BCUT2D eigenvalue weighted by Crippen LogP contribution is -2.30. The maximum Gasteiger partial charge on any atom is 0.337 e. The van der Waals surface area contributed by atoms with E-state index in [1.54, 1.807) is 32.4 Å². The standard InChI is InChI=1S/C24H26ClNO4/c1-15-17(5-4-12-29-2)13-21(18-8-11-20(24(27)28)22(25)14-18)23(26-15)16-6-9-19(30-3)10-7-16/h6-11,13-15,26H,4-5,12H2,1-3H3,(H,27,28). The molecule has 6 heteroatoms. The highest BCUT2D eigenvalue weighted by atomic mass is 35.5. The van der Waals surface area contributed by atoms with Gasteiger partial charge in [0.1, 0.15) is 5.75 Å². The maximum absolute atomic E-state index is 11.4. The van der Waals surface area contributed by atoms with Crippen molar-refractivity contribution < 1.29 is 19.4 Å². The third kappa shape index (κ3) is 4.86. The number of allylic oxidation sites excluding steroid dienone is 2. The third-order valence-corrected chi connectivity index (χ3v) is 5.53. The molecule has 0 fully saturated rings. The lowest BCUT2D eigenvalue weighted by atomic mass is 9.89. The molecule has 0 bridgehead atoms. The average molecular weight is 428 g/mol. The highest BCUT2D eigenvalue weighted by Gasteiger charge is 2.22. The summed E-state index contributed by atoms with van der Waals surface area (Å²) in [5.41, 5.74) is 5.18. The number of carboxylic acids is 1. The molecule has 1 aliphatic rings. The number of methoxy groups -OCH3 is 2. The molecule has 5 nitrogen and oxygen atoms in total. The number of rotatable bonds is 8. The van der Waals surface area contributed by atoms with Gasteiger partial charge in [-0.1, -0.05) is 23.7 Å². The van der Waals surface area contributed by atoms with E-state index in [0.717, 1.165) is 41.0 Å². The number of nitrogens with one attached hydrogen (secondary N) is 1. The van der Waals surface area contributed by atoms with Gasteiger partial charge in [0.15, 0.2) is 0 Å². The number of aromatic carboxylic acids is 1. The van der Waals surface area contributed by atoms with Crippen molar-refractivity contribution in [3.63, 3.8) is 0 Å². The number of carbonyl (C=O) groups is 1. The van der Waals surface area contributed by atoms with Gasteiger partial charge >= 0.3 is 5.97 Å². The van der Waals surface area contributed by atoms with Crippen LogP contribution in [0, 0.1) is 0 Å². The van der Waals surface area contributed by atoms with E-state index in [9.17, 15) is 9.90 Å². The molecule has 1 heterocycles. The number of halogens is 1. The van der Waals surface area contributed by atoms with E-state index >= 15 is 0 Å². The molecule has 0 spiro atoms. The molecule has 0 aliphatic carbocycles. The van der Waals surface area contributed by atoms with Gasteiger partial charge < -0.3 is 19.9 Å². The Labute approximate surface area is 182 Å². The van der Waals surface area contributed by atoms with Crippen molar-refractivity contribution in [2.24, 2.45) is 0 Å². The number of ether oxygens (including phenoxy) is 2. The highest BCUT2D eigenvalue weighted by Crippen LogP contribution is 2.35. The van der Waals surface area contributed by atoms with Crippen molar-refractivity contribution in [2.45, 2.75) is 25.8 Å². The van der Waals surface area contributed by atoms with E-state index in [2.05, 4.69) is 18.3 Å². The molecule has 3 rings (SSSR count). The first-order valence-corrected chi connectivity index (χ1v) is 10.2. The molecule has 0 aromatic heterocycles. The van der Waals surface area contributed by atoms with Crippen LogP contribution in [0.15, 0.2) is 54.1 Å². The Balaban J connectivity index is 2.10. The number of dihydropyridines is 1. The van der Waals surface area contributed by atoms with E-state index in [-0.39, 0.29) is 16.6 Å². The van der Waals surface area contributed by atoms with Crippen molar-refractivity contribution in [3.05, 3.63) is 75.8 Å². The fraction of sp³-hybridized carbons (Fsp3) is 0.292. The SMILES string of the molecule is COCCCC1=CC(c2ccc(C(=O)O)c(Cl)c2)=C(c2ccc(OC)cc2)NC1C. The summed E-state index contributed by atoms with van der Waals surface area (Å²) in [6.45, 7) is 2.84. The van der Waals surface area contributed by atoms with Crippen LogP contribution in [0.4, 0.5) is 0 Å². The Morgan fingerprint density at radius 1 is 1.13 bits per heavy atom. The van der Waals surface area contributed by atoms with Crippen LogP contribution in [0.5, 0.6) is 5.75 Å². The Kier molecular flexibility index (Phi) is 7.19. The van der Waals surface area contributed by atoms with Gasteiger partial charge in [-0.05, 0) is 72.9 Å². The van der Waals surface area contributed by atoms with Gasteiger partial charge in [-0.15, -0.1) is 0 Å². The second kappa shape index (κ2) is 9.83. The van der Waals surface area contributed by atoms with Gasteiger partial charge in [-0.3, -0.25) is 0 Å². The van der Waals surface area contributed by atoms with Crippen LogP contribution in [0.1, 0.15) is 41.3 Å². The van der Waals surface area contributed by atoms with Crippen LogP contribution in [0.2, 0.25) is 5.02 Å². The lowest BCUT2D eigenvalue weighted by molar-refractivity contribution is 0.0697. The van der Waals surface area contributed by atoms with E-state index < -0.39 is 5.97 Å². The lowest BCUT2D eigenvalue weighted by Gasteiger charge is -2.29. The number of hydrogen-bond donors (Lipinski definition) is 2. The van der Waals surface area contributed by atoms with E-state index in [1.807, 2.05) is 24.3 Å². The van der Waals surface area contributed by atoms with Crippen LogP contribution >= 0.6 is 11.6 Å². The summed E-state index contributed by atoms with van der Waals surface area (Å²) >= 11 is 6.27. The minimum Gasteiger partial charge on any atom is -0.497 e. The van der Waals surface area contributed by atoms with Crippen LogP contribution in [-0.2, 0) is 4.74 Å². The molecule has 2 N–H and O–H groups in total. The van der Waals surface area contributed by atoms with Crippen molar-refractivity contribution in [1.29, 1.82) is 0 Å². The van der Waals surface area contributed by atoms with Gasteiger partial charge in [0, 0.05) is 31.0 Å². The first-order chi connectivity index (χ1) is 14.4. The zero-order valence-electron chi connectivity index (χ0n) is 17.4. The van der Waals surface area contributed by atoms with E-state index in [1.165, 1.54) is 5.57 Å². The van der Waals surface area contributed by atoms with Crippen LogP contribution < -0.4 is 10.1 Å². The van der Waals surface area contributed by atoms with Gasteiger partial charge in [0.05, 0.1) is 17.7 Å². The molecule has 0 saturated heterocycles. The van der Waals surface area contributed by atoms with Crippen molar-refractivity contribution in [3.8, 4) is 5.75 Å². The summed E-state index contributed by atoms with van der Waals surface area (Å²) in [5.74, 6) is -0.253. The maximum atomic E-state index is 11.4. The molecular formula is C24H26ClNO4. The topological polar surface area (TPSA) is 67.8 Å².